The Kier molecular flexibility index (Phi) is 44.6. The first-order valence-electron chi connectivity index (χ1n) is 28.2. The molecule has 0 aromatic carbocycles. The van der Waals surface area contributed by atoms with Crippen LogP contribution in [0, 0.1) is 0 Å². The van der Waals surface area contributed by atoms with Crippen molar-refractivity contribution in [1.29, 1.82) is 0 Å². The van der Waals surface area contributed by atoms with Crippen molar-refractivity contribution in [2.45, 2.75) is 307 Å². The number of unbranched alkanes of at least 4 members (excludes halogenated alkanes) is 34. The van der Waals surface area contributed by atoms with E-state index in [9.17, 15) is 30.3 Å². The van der Waals surface area contributed by atoms with Crippen LogP contribution in [0.2, 0.25) is 0 Å². The van der Waals surface area contributed by atoms with Gasteiger partial charge in [-0.1, -0.05) is 243 Å². The lowest BCUT2D eigenvalue weighted by molar-refractivity contribution is -0.302. The van der Waals surface area contributed by atoms with Crippen LogP contribution in [0.3, 0.4) is 0 Å². The molecule has 1 heterocycles. The number of nitrogens with one attached hydrogen (secondary N) is 1. The molecule has 9 heteroatoms. The van der Waals surface area contributed by atoms with Crippen molar-refractivity contribution in [3.63, 3.8) is 0 Å². The lowest BCUT2D eigenvalue weighted by Crippen LogP contribution is -2.60. The van der Waals surface area contributed by atoms with Gasteiger partial charge in [0, 0.05) is 6.42 Å². The minimum atomic E-state index is -1.57. The Morgan fingerprint density at radius 3 is 1.30 bits per heavy atom. The third-order valence-electron chi connectivity index (χ3n) is 13.5. The maximum Gasteiger partial charge on any atom is 0.220 e. The van der Waals surface area contributed by atoms with Gasteiger partial charge in [0.15, 0.2) is 6.29 Å². The fraction of sp³-hybridized carbons (Fsp3) is 0.877. The molecule has 0 aliphatic carbocycles. The first-order valence-corrected chi connectivity index (χ1v) is 28.2. The summed E-state index contributed by atoms with van der Waals surface area (Å²) in [5.74, 6) is -0.179. The third-order valence-corrected chi connectivity index (χ3v) is 13.5. The summed E-state index contributed by atoms with van der Waals surface area (Å²) in [5, 5.41) is 54.5. The first-order chi connectivity index (χ1) is 32.3. The lowest BCUT2D eigenvalue weighted by atomic mass is 9.99. The van der Waals surface area contributed by atoms with Crippen molar-refractivity contribution in [2.24, 2.45) is 0 Å². The van der Waals surface area contributed by atoms with E-state index in [1.54, 1.807) is 6.08 Å². The van der Waals surface area contributed by atoms with Gasteiger partial charge in [-0.15, -0.1) is 0 Å². The molecule has 0 saturated carbocycles. The number of ether oxygens (including phenoxy) is 2. The second kappa shape index (κ2) is 47.1. The number of carbonyl (C=O) groups excluding carboxylic acids is 1. The zero-order chi connectivity index (χ0) is 48.0. The van der Waals surface area contributed by atoms with Gasteiger partial charge < -0.3 is 40.3 Å². The highest BCUT2D eigenvalue weighted by Crippen LogP contribution is 2.23. The van der Waals surface area contributed by atoms with Gasteiger partial charge in [0.25, 0.3) is 0 Å². The van der Waals surface area contributed by atoms with E-state index in [-0.39, 0.29) is 12.5 Å². The molecular weight excluding hydrogens is 827 g/mol. The topological polar surface area (TPSA) is 149 Å². The van der Waals surface area contributed by atoms with Crippen LogP contribution < -0.4 is 5.32 Å². The molecule has 9 nitrogen and oxygen atoms in total. The number of allylic oxidation sites excluding steroid dienone is 5. The molecule has 0 radical (unpaired) electrons. The van der Waals surface area contributed by atoms with E-state index in [0.29, 0.717) is 6.42 Å². The Labute approximate surface area is 406 Å². The van der Waals surface area contributed by atoms with Crippen molar-refractivity contribution in [3.05, 3.63) is 36.5 Å². The fourth-order valence-corrected chi connectivity index (χ4v) is 8.95. The average Bonchev–Trinajstić information content (AvgIpc) is 3.32. The van der Waals surface area contributed by atoms with E-state index < -0.39 is 49.5 Å². The molecule has 66 heavy (non-hydrogen) atoms. The van der Waals surface area contributed by atoms with Crippen LogP contribution in [0.15, 0.2) is 36.5 Å². The number of amides is 1. The van der Waals surface area contributed by atoms with Crippen LogP contribution in [-0.4, -0.2) is 87.5 Å². The predicted octanol–water partition coefficient (Wildman–Crippen LogP) is 13.6. The number of aliphatic hydroxyl groups is 5. The number of rotatable bonds is 48. The third kappa shape index (κ3) is 36.4. The van der Waals surface area contributed by atoms with Crippen molar-refractivity contribution >= 4 is 5.91 Å². The maximum absolute atomic E-state index is 13.0. The monoisotopic (exact) mass is 934 g/mol. The van der Waals surface area contributed by atoms with Crippen molar-refractivity contribution in [3.8, 4) is 0 Å². The second-order valence-corrected chi connectivity index (χ2v) is 19.7. The Morgan fingerprint density at radius 2 is 0.894 bits per heavy atom. The van der Waals surface area contributed by atoms with E-state index in [1.165, 1.54) is 199 Å². The zero-order valence-corrected chi connectivity index (χ0v) is 43.0. The SMILES string of the molecule is CCCCCCCCCCC/C=C\C/C=C\CCCCCCCCCCCC(=O)NC(COC1OC(CO)C(O)C(O)C1O)C(O)/C=C/CCCCCCCCCCCCCCCCCC. The summed E-state index contributed by atoms with van der Waals surface area (Å²) in [5.41, 5.74) is 0. The molecular formula is C57H107NO8. The summed E-state index contributed by atoms with van der Waals surface area (Å²) in [6.45, 7) is 3.80. The molecule has 0 aromatic heterocycles. The molecule has 0 spiro atoms. The van der Waals surface area contributed by atoms with Gasteiger partial charge in [-0.2, -0.15) is 0 Å². The summed E-state index contributed by atoms with van der Waals surface area (Å²) in [4.78, 5) is 13.0. The average molecular weight is 934 g/mol. The first kappa shape index (κ1) is 62.4. The van der Waals surface area contributed by atoms with E-state index in [2.05, 4.69) is 43.5 Å². The van der Waals surface area contributed by atoms with Crippen molar-refractivity contribution in [1.82, 2.24) is 5.32 Å². The van der Waals surface area contributed by atoms with Gasteiger partial charge in [-0.3, -0.25) is 4.79 Å². The molecule has 1 fully saturated rings. The summed E-state index contributed by atoms with van der Waals surface area (Å²) in [7, 11) is 0. The van der Waals surface area contributed by atoms with Crippen molar-refractivity contribution < 1.29 is 39.8 Å². The molecule has 0 bridgehead atoms. The van der Waals surface area contributed by atoms with Gasteiger partial charge in [0.05, 0.1) is 25.4 Å². The quantitative estimate of drug-likeness (QED) is 0.0261. The molecule has 1 rings (SSSR count). The summed E-state index contributed by atoms with van der Waals surface area (Å²) >= 11 is 0. The minimum Gasteiger partial charge on any atom is -0.394 e. The second-order valence-electron chi connectivity index (χ2n) is 19.7. The van der Waals surface area contributed by atoms with Gasteiger partial charge in [0.1, 0.15) is 24.4 Å². The normalized spacial score (nSPS) is 20.0. The highest BCUT2D eigenvalue weighted by molar-refractivity contribution is 5.76. The van der Waals surface area contributed by atoms with Crippen LogP contribution in [0.4, 0.5) is 0 Å². The number of carbonyl (C=O) groups is 1. The lowest BCUT2D eigenvalue weighted by Gasteiger charge is -2.40. The standard InChI is InChI=1S/C57H107NO8/c1-3-5-7-9-11-13-15-17-19-21-23-24-25-26-27-28-29-31-33-35-37-39-41-43-45-47-53(61)58-50(49-65-57-56(64)55(63)54(62)52(48-59)66-57)51(60)46-44-42-40-38-36-34-32-30-22-20-18-16-14-12-10-8-6-4-2/h23-24,26-27,44,46,50-52,54-57,59-60,62-64H,3-22,25,28-43,45,47-49H2,1-2H3,(H,58,61)/b24-23-,27-26-,46-44+. The summed E-state index contributed by atoms with van der Waals surface area (Å²) in [6.07, 6.45) is 53.4. The molecule has 0 aromatic rings. The van der Waals surface area contributed by atoms with Crippen LogP contribution in [0.5, 0.6) is 0 Å². The predicted molar refractivity (Wildman–Crippen MR) is 276 cm³/mol. The number of hydrogen-bond donors (Lipinski definition) is 6. The van der Waals surface area contributed by atoms with Crippen LogP contribution in [0.1, 0.15) is 264 Å². The fourth-order valence-electron chi connectivity index (χ4n) is 8.95. The van der Waals surface area contributed by atoms with E-state index in [0.717, 1.165) is 44.9 Å². The minimum absolute atomic E-state index is 0.179. The molecule has 6 N–H and O–H groups in total. The maximum atomic E-state index is 13.0. The molecule has 1 saturated heterocycles. The van der Waals surface area contributed by atoms with Gasteiger partial charge in [0.2, 0.25) is 5.91 Å². The van der Waals surface area contributed by atoms with Crippen molar-refractivity contribution in [2.75, 3.05) is 13.2 Å². The molecule has 7 unspecified atom stereocenters. The van der Waals surface area contributed by atoms with E-state index in [4.69, 9.17) is 9.47 Å². The van der Waals surface area contributed by atoms with Gasteiger partial charge >= 0.3 is 0 Å². The molecule has 7 atom stereocenters. The van der Waals surface area contributed by atoms with Crippen LogP contribution in [0.25, 0.3) is 0 Å². The smallest absolute Gasteiger partial charge is 0.220 e. The summed E-state index contributed by atoms with van der Waals surface area (Å²) < 4.78 is 11.3. The van der Waals surface area contributed by atoms with Gasteiger partial charge in [-0.05, 0) is 51.4 Å². The zero-order valence-electron chi connectivity index (χ0n) is 43.0. The van der Waals surface area contributed by atoms with E-state index >= 15 is 0 Å². The largest absolute Gasteiger partial charge is 0.394 e. The van der Waals surface area contributed by atoms with Crippen LogP contribution >= 0.6 is 0 Å². The molecule has 388 valence electrons. The summed E-state index contributed by atoms with van der Waals surface area (Å²) in [6, 6.07) is -0.807. The highest BCUT2D eigenvalue weighted by Gasteiger charge is 2.44. The Bertz CT molecular complexity index is 1130. The molecule has 1 amide bonds. The Morgan fingerprint density at radius 1 is 0.515 bits per heavy atom. The Balaban J connectivity index is 2.24. The molecule has 1 aliphatic heterocycles. The van der Waals surface area contributed by atoms with Gasteiger partial charge in [-0.25, -0.2) is 0 Å². The number of hydrogen-bond acceptors (Lipinski definition) is 8. The number of aliphatic hydroxyl groups excluding tert-OH is 5. The molecule has 1 aliphatic rings. The Hall–Kier alpha value is -1.59. The van der Waals surface area contributed by atoms with E-state index in [1.807, 2.05) is 6.08 Å². The van der Waals surface area contributed by atoms with Crippen LogP contribution in [-0.2, 0) is 14.3 Å². The highest BCUT2D eigenvalue weighted by atomic mass is 16.7.